The van der Waals surface area contributed by atoms with Gasteiger partial charge in [0.05, 0.1) is 12.4 Å². The van der Waals surface area contributed by atoms with Crippen LogP contribution in [0.3, 0.4) is 0 Å². The summed E-state index contributed by atoms with van der Waals surface area (Å²) in [5, 5.41) is 7.61. The van der Waals surface area contributed by atoms with Gasteiger partial charge in [0, 0.05) is 5.41 Å². The summed E-state index contributed by atoms with van der Waals surface area (Å²) in [6.07, 6.45) is 2.67. The number of sulfonamides is 1. The van der Waals surface area contributed by atoms with E-state index in [4.69, 9.17) is 0 Å². The number of nitrogens with one attached hydrogen (secondary N) is 1. The molecule has 1 aromatic heterocycles. The molecule has 64 valence electrons. The van der Waals surface area contributed by atoms with Crippen molar-refractivity contribution in [2.75, 3.05) is 4.72 Å². The Hall–Kier alpha value is -1.50. The van der Waals surface area contributed by atoms with Crippen molar-refractivity contribution in [2.24, 2.45) is 0 Å². The van der Waals surface area contributed by atoms with E-state index in [0.29, 0.717) is 0 Å². The molecule has 0 aromatic carbocycles. The topological polar surface area (TPSA) is 84.8 Å². The molecule has 7 heteroatoms. The zero-order valence-electron chi connectivity index (χ0n) is 6.01. The van der Waals surface area contributed by atoms with Gasteiger partial charge in [0.25, 0.3) is 16.0 Å². The van der Waals surface area contributed by atoms with Gasteiger partial charge in [-0.25, -0.2) is 18.1 Å². The third kappa shape index (κ3) is 2.27. The van der Waals surface area contributed by atoms with Crippen LogP contribution in [0.25, 0.3) is 0 Å². The highest BCUT2D eigenvalue weighted by molar-refractivity contribution is 7.95. The molecule has 6 nitrogen and oxygen atoms in total. The van der Waals surface area contributed by atoms with E-state index < -0.39 is 10.0 Å². The minimum Gasteiger partial charge on any atom is -0.246 e. The van der Waals surface area contributed by atoms with E-state index in [1.807, 2.05) is 4.72 Å². The lowest BCUT2D eigenvalue weighted by Crippen LogP contribution is -2.11. The molecule has 0 aliphatic heterocycles. The van der Waals surface area contributed by atoms with Gasteiger partial charge in [-0.15, -0.1) is 5.10 Å². The Morgan fingerprint density at radius 2 is 2.25 bits per heavy atom. The van der Waals surface area contributed by atoms with Crippen molar-refractivity contribution in [1.29, 1.82) is 0 Å². The van der Waals surface area contributed by atoms with Gasteiger partial charge in [0.15, 0.2) is 0 Å². The van der Waals surface area contributed by atoms with E-state index >= 15 is 0 Å². The summed E-state index contributed by atoms with van der Waals surface area (Å²) in [6, 6.07) is 0. The Bertz CT molecular complexity index is 360. The molecule has 0 aliphatic carbocycles. The van der Waals surface area contributed by atoms with Gasteiger partial charge in [-0.3, -0.25) is 0 Å². The van der Waals surface area contributed by atoms with Gasteiger partial charge in [-0.05, 0) is 0 Å². The Morgan fingerprint density at radius 1 is 1.50 bits per heavy atom. The van der Waals surface area contributed by atoms with E-state index in [-0.39, 0.29) is 5.95 Å². The largest absolute Gasteiger partial charge is 0.256 e. The average molecular weight is 186 g/mol. The van der Waals surface area contributed by atoms with E-state index in [2.05, 4.69) is 21.8 Å². The van der Waals surface area contributed by atoms with Gasteiger partial charge in [0.1, 0.15) is 0 Å². The van der Waals surface area contributed by atoms with Crippen molar-refractivity contribution < 1.29 is 8.42 Å². The predicted molar refractivity (Wildman–Crippen MR) is 42.6 cm³/mol. The van der Waals surface area contributed by atoms with Crippen molar-refractivity contribution in [3.05, 3.63) is 24.4 Å². The second-order valence-electron chi connectivity index (χ2n) is 1.78. The molecule has 0 spiro atoms. The first-order valence-electron chi connectivity index (χ1n) is 2.93. The van der Waals surface area contributed by atoms with E-state index in [0.717, 1.165) is 5.41 Å². The molecule has 0 radical (unpaired) electrons. The molecule has 0 fully saturated rings. The van der Waals surface area contributed by atoms with Gasteiger partial charge in [0.2, 0.25) is 0 Å². The summed E-state index contributed by atoms with van der Waals surface area (Å²) in [6.45, 7) is 3.10. The summed E-state index contributed by atoms with van der Waals surface area (Å²) in [5.41, 5.74) is 0. The Balaban J connectivity index is 2.85. The van der Waals surface area contributed by atoms with E-state index in [9.17, 15) is 8.42 Å². The minimum absolute atomic E-state index is 0.0719. The molecule has 1 aromatic rings. The highest BCUT2D eigenvalue weighted by Gasteiger charge is 2.05. The molecule has 0 saturated carbocycles. The Labute approximate surface area is 69.4 Å². The van der Waals surface area contributed by atoms with Crippen LogP contribution in [0.5, 0.6) is 0 Å². The minimum atomic E-state index is -3.52. The second kappa shape index (κ2) is 3.26. The van der Waals surface area contributed by atoms with Crippen molar-refractivity contribution in [1.82, 2.24) is 15.2 Å². The highest BCUT2D eigenvalue weighted by atomic mass is 32.2. The standard InChI is InChI=1S/C5H6N4O2S/c1-2-12(10,11)9-5-6-3-4-7-8-5/h2-4H,1H2,(H,6,8,9). The van der Waals surface area contributed by atoms with Gasteiger partial charge < -0.3 is 0 Å². The summed E-state index contributed by atoms with van der Waals surface area (Å²) in [5.74, 6) is -0.0719. The summed E-state index contributed by atoms with van der Waals surface area (Å²) < 4.78 is 23.7. The predicted octanol–water partition coefficient (Wildman–Crippen LogP) is -0.243. The lowest BCUT2D eigenvalue weighted by Gasteiger charge is -1.98. The summed E-state index contributed by atoms with van der Waals surface area (Å²) in [4.78, 5) is 3.60. The van der Waals surface area contributed by atoms with E-state index in [1.165, 1.54) is 12.4 Å². The van der Waals surface area contributed by atoms with Crippen LogP contribution in [0.1, 0.15) is 0 Å². The fourth-order valence-electron chi connectivity index (χ4n) is 0.463. The zero-order valence-corrected chi connectivity index (χ0v) is 6.82. The smallest absolute Gasteiger partial charge is 0.246 e. The number of rotatable bonds is 3. The second-order valence-corrected chi connectivity index (χ2v) is 3.41. The van der Waals surface area contributed by atoms with Crippen LogP contribution in [-0.4, -0.2) is 23.6 Å². The molecule has 0 amide bonds. The average Bonchev–Trinajstić information content (AvgIpc) is 2.06. The molecule has 0 saturated heterocycles. The normalized spacial score (nSPS) is 10.7. The van der Waals surface area contributed by atoms with Crippen LogP contribution >= 0.6 is 0 Å². The van der Waals surface area contributed by atoms with Crippen molar-refractivity contribution in [3.63, 3.8) is 0 Å². The Morgan fingerprint density at radius 3 is 2.75 bits per heavy atom. The molecule has 1 N–H and O–H groups in total. The van der Waals surface area contributed by atoms with Crippen LogP contribution in [0.15, 0.2) is 24.4 Å². The highest BCUT2D eigenvalue weighted by Crippen LogP contribution is 1.97. The molecular weight excluding hydrogens is 180 g/mol. The molecule has 0 unspecified atom stereocenters. The van der Waals surface area contributed by atoms with Crippen LogP contribution in [0, 0.1) is 0 Å². The molecule has 0 aliphatic rings. The van der Waals surface area contributed by atoms with Crippen LogP contribution in [0.4, 0.5) is 5.95 Å². The molecule has 0 atom stereocenters. The van der Waals surface area contributed by atoms with E-state index in [1.54, 1.807) is 0 Å². The SMILES string of the molecule is C=CS(=O)(=O)Nc1nccnn1. The molecule has 12 heavy (non-hydrogen) atoms. The van der Waals surface area contributed by atoms with Crippen molar-refractivity contribution >= 4 is 16.0 Å². The van der Waals surface area contributed by atoms with Crippen molar-refractivity contribution in [2.45, 2.75) is 0 Å². The van der Waals surface area contributed by atoms with Crippen LogP contribution in [0.2, 0.25) is 0 Å². The molecule has 1 heterocycles. The number of aromatic nitrogens is 3. The van der Waals surface area contributed by atoms with Crippen LogP contribution < -0.4 is 4.72 Å². The van der Waals surface area contributed by atoms with Gasteiger partial charge in [-0.1, -0.05) is 6.58 Å². The maximum atomic E-state index is 10.8. The van der Waals surface area contributed by atoms with Gasteiger partial charge in [-0.2, -0.15) is 5.10 Å². The zero-order chi connectivity index (χ0) is 9.03. The lowest BCUT2D eigenvalue weighted by molar-refractivity contribution is 0.609. The maximum Gasteiger partial charge on any atom is 0.256 e. The summed E-state index contributed by atoms with van der Waals surface area (Å²) >= 11 is 0. The quantitative estimate of drug-likeness (QED) is 0.704. The number of hydrogen-bond acceptors (Lipinski definition) is 5. The maximum absolute atomic E-state index is 10.8. The fraction of sp³-hybridized carbons (Fsp3) is 0. The lowest BCUT2D eigenvalue weighted by atomic mass is 10.9. The third-order valence-electron chi connectivity index (χ3n) is 0.936. The fourth-order valence-corrected chi connectivity index (χ4v) is 0.895. The summed E-state index contributed by atoms with van der Waals surface area (Å²) in [7, 11) is -3.52. The Kier molecular flexibility index (Phi) is 2.34. The number of hydrogen-bond donors (Lipinski definition) is 1. The first kappa shape index (κ1) is 8.60. The monoisotopic (exact) mass is 186 g/mol. The van der Waals surface area contributed by atoms with Crippen molar-refractivity contribution in [3.8, 4) is 0 Å². The van der Waals surface area contributed by atoms with Crippen LogP contribution in [-0.2, 0) is 10.0 Å². The molecular formula is C5H6N4O2S. The third-order valence-corrected chi connectivity index (χ3v) is 1.84. The van der Waals surface area contributed by atoms with Gasteiger partial charge >= 0.3 is 0 Å². The first-order valence-corrected chi connectivity index (χ1v) is 4.47. The molecule has 0 bridgehead atoms. The first-order chi connectivity index (χ1) is 5.64. The molecule has 1 rings (SSSR count). The number of anilines is 1. The number of nitrogens with zero attached hydrogens (tertiary/aromatic N) is 3.